The van der Waals surface area contributed by atoms with Gasteiger partial charge in [-0.15, -0.1) is 0 Å². The second-order valence-electron chi connectivity index (χ2n) is 5.84. The monoisotopic (exact) mass is 406 g/mol. The van der Waals surface area contributed by atoms with Gasteiger partial charge in [0.25, 0.3) is 0 Å². The third-order valence-electron chi connectivity index (χ3n) is 4.55. The molecule has 2 aliphatic rings. The van der Waals surface area contributed by atoms with Crippen molar-refractivity contribution < 1.29 is 27.8 Å². The van der Waals surface area contributed by atoms with Crippen molar-refractivity contribution in [3.63, 3.8) is 0 Å². The number of rotatable bonds is 4. The molecule has 0 aromatic heterocycles. The van der Waals surface area contributed by atoms with Crippen LogP contribution in [0.1, 0.15) is 32.6 Å². The van der Waals surface area contributed by atoms with Gasteiger partial charge in [0.05, 0.1) is 6.61 Å². The number of hydrogen-bond acceptors (Lipinski definition) is 3. The lowest BCUT2D eigenvalue weighted by molar-refractivity contribution is -0.283. The summed E-state index contributed by atoms with van der Waals surface area (Å²) < 4.78 is 43.8. The van der Waals surface area contributed by atoms with Gasteiger partial charge >= 0.3 is 12.1 Å². The second-order valence-corrected chi connectivity index (χ2v) is 7.34. The summed E-state index contributed by atoms with van der Waals surface area (Å²) in [5.74, 6) is -1.72. The maximum atomic E-state index is 13.0. The number of hydrogen-bond donors (Lipinski definition) is 1. The van der Waals surface area contributed by atoms with Gasteiger partial charge in [0, 0.05) is 5.92 Å². The highest BCUT2D eigenvalue weighted by molar-refractivity contribution is 14.1. The van der Waals surface area contributed by atoms with E-state index in [2.05, 4.69) is 0 Å². The molecule has 5 atom stereocenters. The zero-order chi connectivity index (χ0) is 15.1. The Morgan fingerprint density at radius 2 is 2.15 bits per heavy atom. The number of aliphatic hydroxyl groups is 1. The Labute approximate surface area is 129 Å². The number of carbonyl (C=O) groups is 1. The molecule has 2 rings (SSSR count). The molecular formula is C13H18F3IO3. The predicted octanol–water partition coefficient (Wildman–Crippen LogP) is 3.08. The number of esters is 1. The lowest BCUT2D eigenvalue weighted by Crippen LogP contribution is -2.52. The van der Waals surface area contributed by atoms with Crippen LogP contribution in [0.5, 0.6) is 0 Å². The summed E-state index contributed by atoms with van der Waals surface area (Å²) in [6.45, 7) is 1.83. The highest BCUT2D eigenvalue weighted by Gasteiger charge is 2.67. The van der Waals surface area contributed by atoms with Crippen LogP contribution in [0.15, 0.2) is 0 Å². The van der Waals surface area contributed by atoms with Crippen molar-refractivity contribution in [2.24, 2.45) is 17.8 Å². The average molecular weight is 406 g/mol. The van der Waals surface area contributed by atoms with Crippen molar-refractivity contribution in [2.75, 3.05) is 6.61 Å². The minimum absolute atomic E-state index is 0.0160. The first-order valence-corrected chi connectivity index (χ1v) is 8.03. The van der Waals surface area contributed by atoms with E-state index in [1.165, 1.54) is 0 Å². The molecule has 2 aliphatic carbocycles. The average Bonchev–Trinajstić information content (AvgIpc) is 2.91. The predicted molar refractivity (Wildman–Crippen MR) is 74.4 cm³/mol. The van der Waals surface area contributed by atoms with Gasteiger partial charge in [-0.25, -0.2) is 0 Å². The number of carbonyl (C=O) groups excluding carboxylic acids is 1. The van der Waals surface area contributed by atoms with Crippen LogP contribution < -0.4 is 0 Å². The number of fused-ring (bicyclic) bond motifs is 2. The number of halogens is 4. The fraction of sp³-hybridized carbons (Fsp3) is 0.923. The minimum Gasteiger partial charge on any atom is -0.465 e. The van der Waals surface area contributed by atoms with Gasteiger partial charge in [0.1, 0.15) is 3.92 Å². The first-order valence-electron chi connectivity index (χ1n) is 6.78. The first kappa shape index (κ1) is 16.3. The van der Waals surface area contributed by atoms with Crippen molar-refractivity contribution >= 4 is 28.6 Å². The van der Waals surface area contributed by atoms with Crippen LogP contribution in [-0.4, -0.2) is 33.4 Å². The van der Waals surface area contributed by atoms with Gasteiger partial charge in [-0.2, -0.15) is 13.2 Å². The van der Waals surface area contributed by atoms with Gasteiger partial charge in [0.15, 0.2) is 5.60 Å². The number of ether oxygens (including phenoxy) is 1. The Bertz CT molecular complexity index is 388. The summed E-state index contributed by atoms with van der Waals surface area (Å²) >= 11 is 1.96. The summed E-state index contributed by atoms with van der Waals surface area (Å²) in [7, 11) is 0. The van der Waals surface area contributed by atoms with Crippen molar-refractivity contribution in [3.05, 3.63) is 0 Å². The van der Waals surface area contributed by atoms with E-state index in [0.717, 1.165) is 0 Å². The molecule has 116 valence electrons. The SMILES string of the molecule is CCC(I)C(=O)OCC1CC2CC1C(O)(C(F)(F)F)C2. The maximum absolute atomic E-state index is 13.0. The van der Waals surface area contributed by atoms with Crippen LogP contribution >= 0.6 is 22.6 Å². The van der Waals surface area contributed by atoms with Crippen molar-refractivity contribution in [1.82, 2.24) is 0 Å². The molecular weight excluding hydrogens is 388 g/mol. The van der Waals surface area contributed by atoms with E-state index >= 15 is 0 Å². The Kier molecular flexibility index (Phi) is 4.59. The summed E-state index contributed by atoms with van der Waals surface area (Å²) in [6, 6.07) is 0. The van der Waals surface area contributed by atoms with Crippen LogP contribution in [0, 0.1) is 17.8 Å². The lowest BCUT2D eigenvalue weighted by atomic mass is 9.77. The molecule has 0 spiro atoms. The second kappa shape index (κ2) is 5.62. The molecule has 2 saturated carbocycles. The summed E-state index contributed by atoms with van der Waals surface area (Å²) in [5, 5.41) is 9.94. The molecule has 0 aromatic carbocycles. The topological polar surface area (TPSA) is 46.5 Å². The maximum Gasteiger partial charge on any atom is 0.417 e. The summed E-state index contributed by atoms with van der Waals surface area (Å²) in [5.41, 5.74) is -2.60. The molecule has 0 amide bonds. The molecule has 0 radical (unpaired) electrons. The van der Waals surface area contributed by atoms with E-state index in [9.17, 15) is 23.1 Å². The van der Waals surface area contributed by atoms with Gasteiger partial charge in [-0.05, 0) is 37.5 Å². The van der Waals surface area contributed by atoms with E-state index in [-0.39, 0.29) is 34.8 Å². The van der Waals surface area contributed by atoms with E-state index in [4.69, 9.17) is 4.74 Å². The van der Waals surface area contributed by atoms with E-state index < -0.39 is 17.7 Å². The van der Waals surface area contributed by atoms with Gasteiger partial charge < -0.3 is 9.84 Å². The van der Waals surface area contributed by atoms with E-state index in [1.54, 1.807) is 0 Å². The van der Waals surface area contributed by atoms with Crippen LogP contribution in [0.3, 0.4) is 0 Å². The van der Waals surface area contributed by atoms with Crippen molar-refractivity contribution in [3.8, 4) is 0 Å². The standard InChI is InChI=1S/C13H18F3IO3/c1-2-10(17)11(18)20-6-8-3-7-4-9(8)12(19,5-7)13(14,15)16/h7-10,19H,2-6H2,1H3. The molecule has 2 bridgehead atoms. The largest absolute Gasteiger partial charge is 0.465 e. The Morgan fingerprint density at radius 1 is 1.50 bits per heavy atom. The fourth-order valence-electron chi connectivity index (χ4n) is 3.54. The van der Waals surface area contributed by atoms with Crippen LogP contribution in [0.25, 0.3) is 0 Å². The summed E-state index contributed by atoms with van der Waals surface area (Å²) in [4.78, 5) is 11.6. The van der Waals surface area contributed by atoms with E-state index in [1.807, 2.05) is 29.5 Å². The van der Waals surface area contributed by atoms with Crippen LogP contribution in [-0.2, 0) is 9.53 Å². The summed E-state index contributed by atoms with van der Waals surface area (Å²) in [6.07, 6.45) is -3.21. The molecule has 5 unspecified atom stereocenters. The smallest absolute Gasteiger partial charge is 0.417 e. The van der Waals surface area contributed by atoms with Crippen LogP contribution in [0.2, 0.25) is 0 Å². The molecule has 20 heavy (non-hydrogen) atoms. The molecule has 0 saturated heterocycles. The molecule has 7 heteroatoms. The van der Waals surface area contributed by atoms with Crippen molar-refractivity contribution in [2.45, 2.75) is 48.3 Å². The third kappa shape index (κ3) is 2.80. The van der Waals surface area contributed by atoms with Crippen LogP contribution in [0.4, 0.5) is 13.2 Å². The molecule has 2 fully saturated rings. The van der Waals surface area contributed by atoms with Gasteiger partial charge in [-0.3, -0.25) is 4.79 Å². The quantitative estimate of drug-likeness (QED) is 0.444. The van der Waals surface area contributed by atoms with E-state index in [0.29, 0.717) is 19.3 Å². The molecule has 1 N–H and O–H groups in total. The first-order chi connectivity index (χ1) is 9.19. The Morgan fingerprint density at radius 3 is 2.65 bits per heavy atom. The lowest BCUT2D eigenvalue weighted by Gasteiger charge is -2.38. The van der Waals surface area contributed by atoms with Gasteiger partial charge in [0.2, 0.25) is 0 Å². The normalized spacial score (nSPS) is 38.0. The minimum atomic E-state index is -4.61. The number of alkyl halides is 4. The zero-order valence-electron chi connectivity index (χ0n) is 11.1. The third-order valence-corrected chi connectivity index (χ3v) is 5.94. The Hall–Kier alpha value is -0.0500. The van der Waals surface area contributed by atoms with Gasteiger partial charge in [-0.1, -0.05) is 29.5 Å². The highest BCUT2D eigenvalue weighted by atomic mass is 127. The Balaban J connectivity index is 1.97. The zero-order valence-corrected chi connectivity index (χ0v) is 13.3. The van der Waals surface area contributed by atoms with Crippen molar-refractivity contribution in [1.29, 1.82) is 0 Å². The molecule has 0 heterocycles. The highest BCUT2D eigenvalue weighted by Crippen LogP contribution is 2.59. The molecule has 0 aliphatic heterocycles. The molecule has 3 nitrogen and oxygen atoms in total. The fourth-order valence-corrected chi connectivity index (χ4v) is 3.72. The molecule has 0 aromatic rings.